The standard InChI is InChI=1S/C11H16O5/c1-3-4-12-7-5-13-9-8-6-14-11(2,15-8)16-10(7)9/h3-4,7-10H,5-6H2,1-2H3/b4-3+/t7-,8-,9+,10+,11?/m0/s1. The summed E-state index contributed by atoms with van der Waals surface area (Å²) in [5.41, 5.74) is 0. The van der Waals surface area contributed by atoms with E-state index in [4.69, 9.17) is 23.7 Å². The van der Waals surface area contributed by atoms with Crippen LogP contribution in [0.25, 0.3) is 0 Å². The third-order valence-corrected chi connectivity index (χ3v) is 3.12. The fourth-order valence-electron chi connectivity index (χ4n) is 2.41. The van der Waals surface area contributed by atoms with Gasteiger partial charge in [0.1, 0.15) is 24.4 Å². The predicted molar refractivity (Wildman–Crippen MR) is 53.5 cm³/mol. The van der Waals surface area contributed by atoms with Crippen LogP contribution in [0, 0.1) is 0 Å². The first kappa shape index (κ1) is 10.5. The third kappa shape index (κ3) is 1.55. The Morgan fingerprint density at radius 1 is 1.25 bits per heavy atom. The predicted octanol–water partition coefficient (Wildman–Crippen LogP) is 0.792. The second-order valence-electron chi connectivity index (χ2n) is 4.35. The first-order chi connectivity index (χ1) is 7.72. The lowest BCUT2D eigenvalue weighted by molar-refractivity contribution is -0.377. The van der Waals surface area contributed by atoms with Gasteiger partial charge in [0.25, 0.3) is 5.97 Å². The Morgan fingerprint density at radius 3 is 2.94 bits per heavy atom. The van der Waals surface area contributed by atoms with E-state index < -0.39 is 5.97 Å². The van der Waals surface area contributed by atoms with Gasteiger partial charge in [-0.05, 0) is 6.92 Å². The van der Waals surface area contributed by atoms with Crippen LogP contribution in [0.4, 0.5) is 0 Å². The zero-order valence-electron chi connectivity index (χ0n) is 9.42. The lowest BCUT2D eigenvalue weighted by atomic mass is 10.1. The van der Waals surface area contributed by atoms with Gasteiger partial charge in [0, 0.05) is 6.92 Å². The maximum absolute atomic E-state index is 5.77. The Labute approximate surface area is 94.2 Å². The quantitative estimate of drug-likeness (QED) is 0.654. The highest BCUT2D eigenvalue weighted by Gasteiger charge is 2.57. The van der Waals surface area contributed by atoms with Crippen LogP contribution in [0.3, 0.4) is 0 Å². The van der Waals surface area contributed by atoms with Crippen molar-refractivity contribution in [2.45, 2.75) is 44.2 Å². The summed E-state index contributed by atoms with van der Waals surface area (Å²) in [7, 11) is 0. The molecular weight excluding hydrogens is 212 g/mol. The molecule has 0 amide bonds. The summed E-state index contributed by atoms with van der Waals surface area (Å²) in [6.07, 6.45) is 3.21. The van der Waals surface area contributed by atoms with Crippen molar-refractivity contribution in [3.63, 3.8) is 0 Å². The number of fused-ring (bicyclic) bond motifs is 4. The third-order valence-electron chi connectivity index (χ3n) is 3.12. The molecule has 0 N–H and O–H groups in total. The number of ether oxygens (including phenoxy) is 5. The van der Waals surface area contributed by atoms with E-state index in [1.165, 1.54) is 0 Å². The molecule has 16 heavy (non-hydrogen) atoms. The summed E-state index contributed by atoms with van der Waals surface area (Å²) in [5, 5.41) is 0. The van der Waals surface area contributed by atoms with Crippen LogP contribution in [0.15, 0.2) is 12.3 Å². The van der Waals surface area contributed by atoms with Crippen LogP contribution in [-0.4, -0.2) is 43.6 Å². The topological polar surface area (TPSA) is 46.2 Å². The van der Waals surface area contributed by atoms with Gasteiger partial charge < -0.3 is 23.7 Å². The van der Waals surface area contributed by atoms with Crippen molar-refractivity contribution in [1.82, 2.24) is 0 Å². The largest absolute Gasteiger partial charge is 0.493 e. The summed E-state index contributed by atoms with van der Waals surface area (Å²) in [6.45, 7) is 4.75. The monoisotopic (exact) mass is 228 g/mol. The average molecular weight is 228 g/mol. The molecule has 5 atom stereocenters. The first-order valence-electron chi connectivity index (χ1n) is 5.60. The van der Waals surface area contributed by atoms with E-state index in [0.717, 1.165) is 0 Å². The van der Waals surface area contributed by atoms with Crippen LogP contribution in [-0.2, 0) is 23.7 Å². The molecule has 0 saturated carbocycles. The molecule has 5 nitrogen and oxygen atoms in total. The molecule has 0 aromatic carbocycles. The highest BCUT2D eigenvalue weighted by molar-refractivity contribution is 4.97. The summed E-state index contributed by atoms with van der Waals surface area (Å²) in [5.74, 6) is -0.920. The smallest absolute Gasteiger partial charge is 0.280 e. The lowest BCUT2D eigenvalue weighted by Crippen LogP contribution is -2.51. The normalized spacial score (nSPS) is 50.9. The Kier molecular flexibility index (Phi) is 2.43. The van der Waals surface area contributed by atoms with Gasteiger partial charge in [-0.25, -0.2) is 0 Å². The minimum Gasteiger partial charge on any atom is -0.493 e. The van der Waals surface area contributed by atoms with Crippen molar-refractivity contribution in [2.75, 3.05) is 13.2 Å². The van der Waals surface area contributed by atoms with Gasteiger partial charge in [0.15, 0.2) is 0 Å². The molecule has 3 fully saturated rings. The minimum atomic E-state index is -0.920. The molecule has 90 valence electrons. The molecule has 3 rings (SSSR count). The molecule has 0 aromatic rings. The lowest BCUT2D eigenvalue weighted by Gasteiger charge is -2.36. The van der Waals surface area contributed by atoms with E-state index in [2.05, 4.69) is 0 Å². The molecule has 0 spiro atoms. The van der Waals surface area contributed by atoms with E-state index in [-0.39, 0.29) is 24.4 Å². The molecule has 5 heteroatoms. The van der Waals surface area contributed by atoms with Gasteiger partial charge in [-0.1, -0.05) is 6.08 Å². The van der Waals surface area contributed by atoms with E-state index in [1.807, 2.05) is 13.0 Å². The Bertz CT molecular complexity index is 305. The molecule has 1 unspecified atom stereocenters. The number of allylic oxidation sites excluding steroid dienone is 1. The van der Waals surface area contributed by atoms with Crippen molar-refractivity contribution < 1.29 is 23.7 Å². The van der Waals surface area contributed by atoms with Crippen molar-refractivity contribution in [3.05, 3.63) is 12.3 Å². The zero-order valence-corrected chi connectivity index (χ0v) is 9.42. The van der Waals surface area contributed by atoms with Crippen molar-refractivity contribution in [3.8, 4) is 0 Å². The molecule has 2 bridgehead atoms. The number of hydrogen-bond donors (Lipinski definition) is 0. The van der Waals surface area contributed by atoms with Crippen LogP contribution in [0.2, 0.25) is 0 Å². The van der Waals surface area contributed by atoms with E-state index in [9.17, 15) is 0 Å². The van der Waals surface area contributed by atoms with Crippen LogP contribution < -0.4 is 0 Å². The molecule has 0 aliphatic carbocycles. The van der Waals surface area contributed by atoms with Crippen LogP contribution >= 0.6 is 0 Å². The summed E-state index contributed by atoms with van der Waals surface area (Å²) in [4.78, 5) is 0. The van der Waals surface area contributed by atoms with Gasteiger partial charge in [0.05, 0.1) is 19.5 Å². The summed E-state index contributed by atoms with van der Waals surface area (Å²) >= 11 is 0. The number of rotatable bonds is 2. The Hall–Kier alpha value is -0.620. The van der Waals surface area contributed by atoms with E-state index >= 15 is 0 Å². The Morgan fingerprint density at radius 2 is 2.12 bits per heavy atom. The highest BCUT2D eigenvalue weighted by atomic mass is 16.9. The molecular formula is C11H16O5. The summed E-state index contributed by atoms with van der Waals surface area (Å²) in [6, 6.07) is 0. The molecule has 3 saturated heterocycles. The zero-order chi connectivity index (χ0) is 11.2. The number of hydrogen-bond acceptors (Lipinski definition) is 5. The van der Waals surface area contributed by atoms with Crippen molar-refractivity contribution in [1.29, 1.82) is 0 Å². The molecule has 3 aliphatic heterocycles. The Balaban J connectivity index is 1.75. The first-order valence-corrected chi connectivity index (χ1v) is 5.60. The highest BCUT2D eigenvalue weighted by Crippen LogP contribution is 2.40. The second-order valence-corrected chi connectivity index (χ2v) is 4.35. The second kappa shape index (κ2) is 3.70. The summed E-state index contributed by atoms with van der Waals surface area (Å²) < 4.78 is 28.0. The minimum absolute atomic E-state index is 0.0389. The van der Waals surface area contributed by atoms with Crippen molar-refractivity contribution >= 4 is 0 Å². The van der Waals surface area contributed by atoms with Gasteiger partial charge in [0.2, 0.25) is 0 Å². The molecule has 3 heterocycles. The van der Waals surface area contributed by atoms with Crippen molar-refractivity contribution in [2.24, 2.45) is 0 Å². The van der Waals surface area contributed by atoms with E-state index in [0.29, 0.717) is 13.2 Å². The van der Waals surface area contributed by atoms with Crippen LogP contribution in [0.1, 0.15) is 13.8 Å². The van der Waals surface area contributed by atoms with Gasteiger partial charge in [-0.2, -0.15) is 0 Å². The van der Waals surface area contributed by atoms with Gasteiger partial charge in [-0.3, -0.25) is 0 Å². The van der Waals surface area contributed by atoms with Gasteiger partial charge in [-0.15, -0.1) is 0 Å². The molecule has 0 radical (unpaired) electrons. The fraction of sp³-hybridized carbons (Fsp3) is 0.818. The van der Waals surface area contributed by atoms with Gasteiger partial charge >= 0.3 is 0 Å². The van der Waals surface area contributed by atoms with Crippen LogP contribution in [0.5, 0.6) is 0 Å². The molecule has 3 aliphatic rings. The average Bonchev–Trinajstić information content (AvgIpc) is 2.79. The maximum Gasteiger partial charge on any atom is 0.280 e. The maximum atomic E-state index is 5.77. The van der Waals surface area contributed by atoms with E-state index in [1.54, 1.807) is 13.2 Å². The fourth-order valence-corrected chi connectivity index (χ4v) is 2.41. The molecule has 0 aromatic heterocycles. The SMILES string of the molecule is C/C=C/O[C@H]1CO[C@H]2[C@@H]1OC1(C)OC[C@@H]2O1.